The van der Waals surface area contributed by atoms with Crippen LogP contribution in [0.1, 0.15) is 25.7 Å². The summed E-state index contributed by atoms with van der Waals surface area (Å²) < 4.78 is 7.15. The quantitative estimate of drug-likeness (QED) is 0.784. The summed E-state index contributed by atoms with van der Waals surface area (Å²) in [6.45, 7) is 4.54. The number of rotatable bonds is 5. The molecule has 0 bridgehead atoms. The van der Waals surface area contributed by atoms with Gasteiger partial charge in [-0.25, -0.2) is 4.98 Å². The second-order valence-corrected chi connectivity index (χ2v) is 5.56. The molecule has 0 aliphatic heterocycles. The first-order chi connectivity index (χ1) is 11.7. The summed E-state index contributed by atoms with van der Waals surface area (Å²) in [5, 5.41) is 3.78. The fourth-order valence-electron chi connectivity index (χ4n) is 2.68. The molecule has 2 aromatic carbocycles. The van der Waals surface area contributed by atoms with E-state index in [-0.39, 0.29) is 11.6 Å². The number of para-hydroxylation sites is 1. The number of nitrogens with one attached hydrogen (secondary N) is 1. The number of aromatic nitrogens is 2. The van der Waals surface area contributed by atoms with Crippen molar-refractivity contribution in [3.8, 4) is 11.4 Å². The van der Waals surface area contributed by atoms with Crippen molar-refractivity contribution in [3.63, 3.8) is 0 Å². The van der Waals surface area contributed by atoms with E-state index in [0.29, 0.717) is 23.3 Å². The molecule has 0 amide bonds. The van der Waals surface area contributed by atoms with E-state index in [9.17, 15) is 4.79 Å². The molecule has 0 saturated heterocycles. The Bertz CT molecular complexity index is 901. The van der Waals surface area contributed by atoms with E-state index in [2.05, 4.69) is 5.32 Å². The van der Waals surface area contributed by atoms with Crippen molar-refractivity contribution in [1.82, 2.24) is 14.9 Å². The molecule has 1 N–H and O–H groups in total. The van der Waals surface area contributed by atoms with Crippen LogP contribution in [0.5, 0.6) is 5.75 Å². The van der Waals surface area contributed by atoms with Crippen LogP contribution in [-0.2, 0) is 0 Å². The summed E-state index contributed by atoms with van der Waals surface area (Å²) in [6, 6.07) is 14.9. The minimum atomic E-state index is -0.0677. The molecular weight excluding hydrogens is 302 g/mol. The number of benzene rings is 2. The molecule has 1 aromatic heterocycles. The zero-order valence-electron chi connectivity index (χ0n) is 14.1. The molecule has 1 atom stereocenters. The van der Waals surface area contributed by atoms with Gasteiger partial charge in [-0.2, -0.15) is 0 Å². The molecule has 3 aromatic rings. The van der Waals surface area contributed by atoms with E-state index in [0.717, 1.165) is 11.4 Å². The third kappa shape index (κ3) is 2.90. The summed E-state index contributed by atoms with van der Waals surface area (Å²) in [6.07, 6.45) is 0. The van der Waals surface area contributed by atoms with Gasteiger partial charge in [-0.1, -0.05) is 12.1 Å². The Hall–Kier alpha value is -2.66. The van der Waals surface area contributed by atoms with Gasteiger partial charge in [0, 0.05) is 0 Å². The van der Waals surface area contributed by atoms with Crippen molar-refractivity contribution in [1.29, 1.82) is 0 Å². The number of fused-ring (bicyclic) bond motifs is 1. The average molecular weight is 323 g/mol. The van der Waals surface area contributed by atoms with E-state index in [1.54, 1.807) is 4.57 Å². The first kappa shape index (κ1) is 16.2. The highest BCUT2D eigenvalue weighted by atomic mass is 16.5. The molecule has 5 heteroatoms. The molecule has 0 saturated carbocycles. The third-order valence-electron chi connectivity index (χ3n) is 4.03. The highest BCUT2D eigenvalue weighted by Crippen LogP contribution is 2.20. The van der Waals surface area contributed by atoms with Crippen LogP contribution in [0.4, 0.5) is 0 Å². The van der Waals surface area contributed by atoms with Crippen molar-refractivity contribution in [2.45, 2.75) is 19.9 Å². The Morgan fingerprint density at radius 1 is 1.17 bits per heavy atom. The van der Waals surface area contributed by atoms with Gasteiger partial charge in [0.15, 0.2) is 0 Å². The fourth-order valence-corrected chi connectivity index (χ4v) is 2.68. The van der Waals surface area contributed by atoms with Gasteiger partial charge in [-0.3, -0.25) is 9.36 Å². The van der Waals surface area contributed by atoms with Crippen LogP contribution < -0.4 is 15.6 Å². The molecule has 124 valence electrons. The predicted octanol–water partition coefficient (Wildman–Crippen LogP) is 3.06. The predicted molar refractivity (Wildman–Crippen MR) is 96.0 cm³/mol. The smallest absolute Gasteiger partial charge is 0.266 e. The summed E-state index contributed by atoms with van der Waals surface area (Å²) >= 11 is 0. The maximum absolute atomic E-state index is 13.0. The highest BCUT2D eigenvalue weighted by Gasteiger charge is 2.16. The van der Waals surface area contributed by atoms with Crippen LogP contribution in [0.3, 0.4) is 0 Å². The van der Waals surface area contributed by atoms with Gasteiger partial charge >= 0.3 is 0 Å². The lowest BCUT2D eigenvalue weighted by molar-refractivity contribution is 0.340. The van der Waals surface area contributed by atoms with Crippen molar-refractivity contribution in [2.75, 3.05) is 13.7 Å². The Labute approximate surface area is 140 Å². The van der Waals surface area contributed by atoms with Gasteiger partial charge in [-0.15, -0.1) is 0 Å². The van der Waals surface area contributed by atoms with Crippen molar-refractivity contribution in [2.24, 2.45) is 0 Å². The van der Waals surface area contributed by atoms with Gasteiger partial charge in [0.2, 0.25) is 0 Å². The molecule has 0 fully saturated rings. The van der Waals surface area contributed by atoms with Crippen LogP contribution in [0, 0.1) is 0 Å². The van der Waals surface area contributed by atoms with Crippen LogP contribution >= 0.6 is 0 Å². The molecular formula is C19H21N3O2. The van der Waals surface area contributed by atoms with Crippen LogP contribution in [0.25, 0.3) is 16.6 Å². The maximum Gasteiger partial charge on any atom is 0.266 e. The molecule has 24 heavy (non-hydrogen) atoms. The molecule has 0 unspecified atom stereocenters. The molecule has 5 nitrogen and oxygen atoms in total. The van der Waals surface area contributed by atoms with Crippen molar-refractivity contribution >= 4 is 10.9 Å². The van der Waals surface area contributed by atoms with E-state index in [1.807, 2.05) is 69.4 Å². The summed E-state index contributed by atoms with van der Waals surface area (Å²) in [4.78, 5) is 17.8. The fraction of sp³-hybridized carbons (Fsp3) is 0.263. The van der Waals surface area contributed by atoms with Gasteiger partial charge < -0.3 is 10.1 Å². The lowest BCUT2D eigenvalue weighted by atomic mass is 10.2. The minimum Gasteiger partial charge on any atom is -0.494 e. The lowest BCUT2D eigenvalue weighted by Gasteiger charge is -2.18. The third-order valence-corrected chi connectivity index (χ3v) is 4.03. The normalized spacial score (nSPS) is 12.3. The Kier molecular flexibility index (Phi) is 4.62. The van der Waals surface area contributed by atoms with E-state index < -0.39 is 0 Å². The maximum atomic E-state index is 13.0. The van der Waals surface area contributed by atoms with Gasteiger partial charge in [0.25, 0.3) is 5.56 Å². The second kappa shape index (κ2) is 6.84. The molecule has 0 aliphatic carbocycles. The average Bonchev–Trinajstić information content (AvgIpc) is 2.62. The number of hydrogen-bond acceptors (Lipinski definition) is 4. The SMILES string of the molecule is CCOc1ccc(-n2c([C@H](C)NC)nc3ccccc3c2=O)cc1. The molecule has 3 rings (SSSR count). The monoisotopic (exact) mass is 323 g/mol. The first-order valence-electron chi connectivity index (χ1n) is 8.08. The van der Waals surface area contributed by atoms with Crippen molar-refractivity contribution < 1.29 is 4.74 Å². The second-order valence-electron chi connectivity index (χ2n) is 5.56. The lowest BCUT2D eigenvalue weighted by Crippen LogP contribution is -2.28. The minimum absolute atomic E-state index is 0.0612. The van der Waals surface area contributed by atoms with Crippen molar-refractivity contribution in [3.05, 3.63) is 64.7 Å². The van der Waals surface area contributed by atoms with Crippen LogP contribution in [-0.4, -0.2) is 23.2 Å². The number of nitrogens with zero attached hydrogens (tertiary/aromatic N) is 2. The zero-order valence-corrected chi connectivity index (χ0v) is 14.1. The topological polar surface area (TPSA) is 56.1 Å². The van der Waals surface area contributed by atoms with Gasteiger partial charge in [-0.05, 0) is 57.3 Å². The molecule has 0 aliphatic rings. The van der Waals surface area contributed by atoms with E-state index >= 15 is 0 Å². The van der Waals surface area contributed by atoms with Crippen LogP contribution in [0.2, 0.25) is 0 Å². The summed E-state index contributed by atoms with van der Waals surface area (Å²) in [7, 11) is 1.86. The van der Waals surface area contributed by atoms with Gasteiger partial charge in [0.05, 0.1) is 29.2 Å². The largest absolute Gasteiger partial charge is 0.494 e. The first-order valence-corrected chi connectivity index (χ1v) is 8.08. The molecule has 0 spiro atoms. The number of hydrogen-bond donors (Lipinski definition) is 1. The molecule has 1 heterocycles. The number of ether oxygens (including phenoxy) is 1. The summed E-state index contributed by atoms with van der Waals surface area (Å²) in [5.41, 5.74) is 1.42. The Morgan fingerprint density at radius 3 is 2.54 bits per heavy atom. The highest BCUT2D eigenvalue weighted by molar-refractivity contribution is 5.77. The summed E-state index contributed by atoms with van der Waals surface area (Å²) in [5.74, 6) is 1.47. The van der Waals surface area contributed by atoms with Gasteiger partial charge in [0.1, 0.15) is 11.6 Å². The Balaban J connectivity index is 2.24. The standard InChI is InChI=1S/C19H21N3O2/c1-4-24-15-11-9-14(10-12-15)22-18(13(2)20-3)21-17-8-6-5-7-16(17)19(22)23/h5-13,20H,4H2,1-3H3/t13-/m0/s1. The van der Waals surface area contributed by atoms with E-state index in [4.69, 9.17) is 9.72 Å². The molecule has 0 radical (unpaired) electrons. The van der Waals surface area contributed by atoms with Crippen LogP contribution in [0.15, 0.2) is 53.3 Å². The zero-order chi connectivity index (χ0) is 17.1. The van der Waals surface area contributed by atoms with E-state index in [1.165, 1.54) is 0 Å². The Morgan fingerprint density at radius 2 is 1.88 bits per heavy atom.